The summed E-state index contributed by atoms with van der Waals surface area (Å²) in [6.45, 7) is 3.60. The van der Waals surface area contributed by atoms with Gasteiger partial charge in [0.15, 0.2) is 0 Å². The Morgan fingerprint density at radius 2 is 1.95 bits per heavy atom. The molecule has 0 aliphatic heterocycles. The summed E-state index contributed by atoms with van der Waals surface area (Å²) in [5, 5.41) is 13.2. The van der Waals surface area contributed by atoms with E-state index < -0.39 is 5.60 Å². The number of carbonyl (C=O) groups excluding carboxylic acids is 1. The lowest BCUT2D eigenvalue weighted by atomic mass is 9.96. The molecule has 4 nitrogen and oxygen atoms in total. The smallest absolute Gasteiger partial charge is 0.253 e. The molecule has 2 N–H and O–H groups in total. The van der Waals surface area contributed by atoms with E-state index in [9.17, 15) is 9.90 Å². The van der Waals surface area contributed by atoms with Crippen molar-refractivity contribution in [3.05, 3.63) is 65.5 Å². The number of hydrogen-bond acceptors (Lipinski definition) is 3. The average Bonchev–Trinajstić information content (AvgIpc) is 2.46. The number of nitrogens with one attached hydrogen (secondary N) is 1. The van der Waals surface area contributed by atoms with Gasteiger partial charge in [-0.15, -0.1) is 0 Å². The Bertz CT molecular complexity index is 594. The predicted molar refractivity (Wildman–Crippen MR) is 77.3 cm³/mol. The van der Waals surface area contributed by atoms with Crippen molar-refractivity contribution in [2.45, 2.75) is 19.4 Å². The summed E-state index contributed by atoms with van der Waals surface area (Å²) in [4.78, 5) is 16.2. The van der Waals surface area contributed by atoms with Crippen molar-refractivity contribution in [3.8, 4) is 0 Å². The quantitative estimate of drug-likeness (QED) is 0.893. The zero-order chi connectivity index (χ0) is 14.6. The first-order chi connectivity index (χ1) is 9.50. The number of aryl methyl sites for hydroxylation is 1. The second-order valence-electron chi connectivity index (χ2n) is 4.96. The summed E-state index contributed by atoms with van der Waals surface area (Å²) in [6.07, 6.45) is 1.65. The fourth-order valence-electron chi connectivity index (χ4n) is 1.97. The molecule has 4 heteroatoms. The standard InChI is InChI=1S/C16H18N2O2/c1-12-14(9-6-10-17-12)15(19)18-11-16(2,20)13-7-4-3-5-8-13/h3-10,20H,11H2,1-2H3,(H,18,19). The Balaban J connectivity index is 2.05. The number of aromatic nitrogens is 1. The van der Waals surface area contributed by atoms with Crippen LogP contribution in [0, 0.1) is 6.92 Å². The van der Waals surface area contributed by atoms with E-state index in [1.807, 2.05) is 30.3 Å². The zero-order valence-electron chi connectivity index (χ0n) is 11.6. The van der Waals surface area contributed by atoms with Gasteiger partial charge < -0.3 is 10.4 Å². The first-order valence-electron chi connectivity index (χ1n) is 6.48. The summed E-state index contributed by atoms with van der Waals surface area (Å²) in [5.41, 5.74) is 0.858. The van der Waals surface area contributed by atoms with Gasteiger partial charge >= 0.3 is 0 Å². The number of aliphatic hydroxyl groups is 1. The predicted octanol–water partition coefficient (Wildman–Crippen LogP) is 2.03. The summed E-state index contributed by atoms with van der Waals surface area (Å²) in [7, 11) is 0. The number of benzene rings is 1. The van der Waals surface area contributed by atoms with E-state index in [1.54, 1.807) is 32.2 Å². The Hall–Kier alpha value is -2.20. The van der Waals surface area contributed by atoms with E-state index in [2.05, 4.69) is 10.3 Å². The van der Waals surface area contributed by atoms with Gasteiger partial charge in [0, 0.05) is 11.9 Å². The van der Waals surface area contributed by atoms with Crippen LogP contribution in [-0.4, -0.2) is 22.5 Å². The van der Waals surface area contributed by atoms with Crippen molar-refractivity contribution in [3.63, 3.8) is 0 Å². The molecular formula is C16H18N2O2. The van der Waals surface area contributed by atoms with Gasteiger partial charge in [0.1, 0.15) is 5.60 Å². The molecule has 0 aliphatic carbocycles. The SMILES string of the molecule is Cc1ncccc1C(=O)NCC(C)(O)c1ccccc1. The van der Waals surface area contributed by atoms with Crippen LogP contribution in [0.25, 0.3) is 0 Å². The summed E-state index contributed by atoms with van der Waals surface area (Å²) >= 11 is 0. The Morgan fingerprint density at radius 1 is 1.25 bits per heavy atom. The molecule has 2 aromatic rings. The molecule has 0 aliphatic rings. The Labute approximate surface area is 118 Å². The van der Waals surface area contributed by atoms with Crippen molar-refractivity contribution in [2.24, 2.45) is 0 Å². The number of nitrogens with zero attached hydrogens (tertiary/aromatic N) is 1. The highest BCUT2D eigenvalue weighted by atomic mass is 16.3. The summed E-state index contributed by atoms with van der Waals surface area (Å²) in [6, 6.07) is 12.7. The van der Waals surface area contributed by atoms with E-state index >= 15 is 0 Å². The largest absolute Gasteiger partial charge is 0.384 e. The first-order valence-corrected chi connectivity index (χ1v) is 6.48. The number of hydrogen-bond donors (Lipinski definition) is 2. The molecule has 0 saturated heterocycles. The van der Waals surface area contributed by atoms with Gasteiger partial charge in [-0.3, -0.25) is 9.78 Å². The Morgan fingerprint density at radius 3 is 2.60 bits per heavy atom. The second kappa shape index (κ2) is 5.84. The fourth-order valence-corrected chi connectivity index (χ4v) is 1.97. The molecule has 0 saturated carbocycles. The first kappa shape index (κ1) is 14.2. The molecular weight excluding hydrogens is 252 g/mol. The van der Waals surface area contributed by atoms with Gasteiger partial charge in [0.05, 0.1) is 12.1 Å². The van der Waals surface area contributed by atoms with Gasteiger partial charge in [0.25, 0.3) is 5.91 Å². The van der Waals surface area contributed by atoms with Gasteiger partial charge in [-0.1, -0.05) is 30.3 Å². The second-order valence-corrected chi connectivity index (χ2v) is 4.96. The van der Waals surface area contributed by atoms with Crippen LogP contribution in [0.5, 0.6) is 0 Å². The van der Waals surface area contributed by atoms with Crippen LogP contribution >= 0.6 is 0 Å². The minimum absolute atomic E-state index is 0.143. The maximum absolute atomic E-state index is 12.1. The molecule has 1 unspecified atom stereocenters. The van der Waals surface area contributed by atoms with Gasteiger partial charge in [-0.2, -0.15) is 0 Å². The third kappa shape index (κ3) is 3.22. The summed E-state index contributed by atoms with van der Waals surface area (Å²) < 4.78 is 0. The molecule has 20 heavy (non-hydrogen) atoms. The number of pyridine rings is 1. The van der Waals surface area contributed by atoms with Gasteiger partial charge in [0.2, 0.25) is 0 Å². The highest BCUT2D eigenvalue weighted by molar-refractivity contribution is 5.95. The van der Waals surface area contributed by atoms with Crippen LogP contribution in [0.15, 0.2) is 48.7 Å². The van der Waals surface area contributed by atoms with Crippen molar-refractivity contribution in [1.82, 2.24) is 10.3 Å². The number of amides is 1. The van der Waals surface area contributed by atoms with Crippen molar-refractivity contribution in [2.75, 3.05) is 6.54 Å². The minimum Gasteiger partial charge on any atom is -0.384 e. The van der Waals surface area contributed by atoms with Crippen LogP contribution in [0.2, 0.25) is 0 Å². The van der Waals surface area contributed by atoms with Gasteiger partial charge in [-0.25, -0.2) is 0 Å². The highest BCUT2D eigenvalue weighted by Crippen LogP contribution is 2.19. The fraction of sp³-hybridized carbons (Fsp3) is 0.250. The number of rotatable bonds is 4. The van der Waals surface area contributed by atoms with Crippen molar-refractivity contribution in [1.29, 1.82) is 0 Å². The monoisotopic (exact) mass is 270 g/mol. The van der Waals surface area contributed by atoms with Crippen molar-refractivity contribution < 1.29 is 9.90 Å². The van der Waals surface area contributed by atoms with Crippen LogP contribution in [0.4, 0.5) is 0 Å². The van der Waals surface area contributed by atoms with Crippen LogP contribution < -0.4 is 5.32 Å². The highest BCUT2D eigenvalue weighted by Gasteiger charge is 2.24. The average molecular weight is 270 g/mol. The molecule has 2 rings (SSSR count). The third-order valence-electron chi connectivity index (χ3n) is 3.24. The lowest BCUT2D eigenvalue weighted by molar-refractivity contribution is 0.0526. The lowest BCUT2D eigenvalue weighted by Gasteiger charge is -2.24. The molecule has 1 atom stereocenters. The van der Waals surface area contributed by atoms with E-state index in [1.165, 1.54) is 0 Å². The van der Waals surface area contributed by atoms with Gasteiger partial charge in [-0.05, 0) is 31.5 Å². The zero-order valence-corrected chi connectivity index (χ0v) is 11.6. The molecule has 0 radical (unpaired) electrons. The maximum Gasteiger partial charge on any atom is 0.253 e. The molecule has 0 bridgehead atoms. The van der Waals surface area contributed by atoms with E-state index in [4.69, 9.17) is 0 Å². The molecule has 1 aromatic carbocycles. The molecule has 1 aromatic heterocycles. The van der Waals surface area contributed by atoms with Crippen LogP contribution in [-0.2, 0) is 5.60 Å². The van der Waals surface area contributed by atoms with Crippen LogP contribution in [0.1, 0.15) is 28.5 Å². The molecule has 0 fully saturated rings. The van der Waals surface area contributed by atoms with Crippen LogP contribution in [0.3, 0.4) is 0 Å². The van der Waals surface area contributed by atoms with E-state index in [0.717, 1.165) is 5.56 Å². The Kier molecular flexibility index (Phi) is 4.15. The number of carbonyl (C=O) groups is 1. The third-order valence-corrected chi connectivity index (χ3v) is 3.24. The topological polar surface area (TPSA) is 62.2 Å². The minimum atomic E-state index is -1.10. The van der Waals surface area contributed by atoms with E-state index in [0.29, 0.717) is 11.3 Å². The molecule has 1 heterocycles. The van der Waals surface area contributed by atoms with E-state index in [-0.39, 0.29) is 12.5 Å². The lowest BCUT2D eigenvalue weighted by Crippen LogP contribution is -2.38. The molecule has 1 amide bonds. The van der Waals surface area contributed by atoms with Crippen molar-refractivity contribution >= 4 is 5.91 Å². The normalized spacial score (nSPS) is 13.6. The molecule has 0 spiro atoms. The summed E-state index contributed by atoms with van der Waals surface area (Å²) in [5.74, 6) is -0.230. The molecule has 104 valence electrons. The maximum atomic E-state index is 12.1.